The van der Waals surface area contributed by atoms with Gasteiger partial charge in [-0.15, -0.1) is 0 Å². The molecular formula is C13H11BrF2N4O. The van der Waals surface area contributed by atoms with Crippen molar-refractivity contribution < 1.29 is 13.5 Å². The quantitative estimate of drug-likeness (QED) is 0.819. The molecule has 0 saturated carbocycles. The van der Waals surface area contributed by atoms with Crippen molar-refractivity contribution in [3.8, 4) is 5.75 Å². The third kappa shape index (κ3) is 4.01. The first kappa shape index (κ1) is 15.4. The van der Waals surface area contributed by atoms with Gasteiger partial charge >= 0.3 is 0 Å². The van der Waals surface area contributed by atoms with Crippen LogP contribution >= 0.6 is 15.9 Å². The number of nitrogens with zero attached hydrogens (tertiary/aromatic N) is 4. The van der Waals surface area contributed by atoms with E-state index in [2.05, 4.69) is 35.9 Å². The Kier molecular flexibility index (Phi) is 5.26. The zero-order chi connectivity index (χ0) is 15.2. The largest absolute Gasteiger partial charge is 0.490 e. The second-order valence-electron chi connectivity index (χ2n) is 3.94. The Balaban J connectivity index is 2.23. The highest BCUT2D eigenvalue weighted by atomic mass is 79.9. The summed E-state index contributed by atoms with van der Waals surface area (Å²) in [7, 11) is 0. The van der Waals surface area contributed by atoms with Gasteiger partial charge in [0.2, 0.25) is 11.7 Å². The first-order chi connectivity index (χ1) is 10.1. The number of hydrogen-bond donors (Lipinski definition) is 0. The van der Waals surface area contributed by atoms with Gasteiger partial charge in [0, 0.05) is 12.4 Å². The Morgan fingerprint density at radius 2 is 1.48 bits per heavy atom. The smallest absolute Gasteiger partial charge is 0.207 e. The average Bonchev–Trinajstić information content (AvgIpc) is 2.53. The lowest BCUT2D eigenvalue weighted by molar-refractivity contribution is 0.314. The fraction of sp³-hybridized carbons (Fsp3) is 0.231. The van der Waals surface area contributed by atoms with Crippen LogP contribution in [0, 0.1) is 0 Å². The number of rotatable bonds is 5. The van der Waals surface area contributed by atoms with E-state index in [9.17, 15) is 8.78 Å². The molecule has 2 rings (SSSR count). The molecule has 0 aromatic carbocycles. The lowest BCUT2D eigenvalue weighted by Crippen LogP contribution is -1.99. The molecule has 2 aromatic rings. The van der Waals surface area contributed by atoms with E-state index in [-0.39, 0.29) is 11.6 Å². The Bertz CT molecular complexity index is 632. The van der Waals surface area contributed by atoms with Crippen LogP contribution in [-0.4, -0.2) is 26.5 Å². The maximum atomic E-state index is 13.9. The van der Waals surface area contributed by atoms with Crippen LogP contribution < -0.4 is 4.74 Å². The van der Waals surface area contributed by atoms with Crippen molar-refractivity contribution in [1.29, 1.82) is 0 Å². The number of hydrogen-bond acceptors (Lipinski definition) is 5. The molecule has 0 saturated heterocycles. The molecule has 0 radical (unpaired) electrons. The van der Waals surface area contributed by atoms with E-state index in [1.165, 1.54) is 24.8 Å². The summed E-state index contributed by atoms with van der Waals surface area (Å²) in [6.45, 7) is 2.45. The Morgan fingerprint density at radius 1 is 1.00 bits per heavy atom. The van der Waals surface area contributed by atoms with Gasteiger partial charge in [-0.3, -0.25) is 0 Å². The SMILES string of the molecule is CCCOc1cnc(/C(F)=C(/F)c2ncc(Br)cn2)nc1. The summed E-state index contributed by atoms with van der Waals surface area (Å²) in [5, 5.41) is 0. The molecule has 0 bridgehead atoms. The van der Waals surface area contributed by atoms with Crippen molar-refractivity contribution in [2.45, 2.75) is 13.3 Å². The average molecular weight is 357 g/mol. The summed E-state index contributed by atoms with van der Waals surface area (Å²) in [6.07, 6.45) is 6.03. The van der Waals surface area contributed by atoms with E-state index in [4.69, 9.17) is 4.74 Å². The van der Waals surface area contributed by atoms with Gasteiger partial charge in [0.05, 0.1) is 23.5 Å². The van der Waals surface area contributed by atoms with E-state index in [0.717, 1.165) is 6.42 Å². The number of ether oxygens (including phenoxy) is 1. The van der Waals surface area contributed by atoms with Crippen molar-refractivity contribution >= 4 is 27.6 Å². The van der Waals surface area contributed by atoms with E-state index >= 15 is 0 Å². The minimum atomic E-state index is -1.22. The second kappa shape index (κ2) is 7.16. The molecule has 0 amide bonds. The lowest BCUT2D eigenvalue weighted by Gasteiger charge is -2.04. The predicted molar refractivity (Wildman–Crippen MR) is 76.6 cm³/mol. The summed E-state index contributed by atoms with van der Waals surface area (Å²) < 4.78 is 33.7. The third-order valence-corrected chi connectivity index (χ3v) is 2.72. The van der Waals surface area contributed by atoms with Crippen LogP contribution in [0.1, 0.15) is 25.0 Å². The first-order valence-electron chi connectivity index (χ1n) is 6.10. The van der Waals surface area contributed by atoms with Gasteiger partial charge in [0.15, 0.2) is 17.4 Å². The maximum absolute atomic E-state index is 13.9. The molecule has 2 heterocycles. The van der Waals surface area contributed by atoms with Crippen LogP contribution in [0.15, 0.2) is 29.3 Å². The fourth-order valence-electron chi connectivity index (χ4n) is 1.35. The van der Waals surface area contributed by atoms with Crippen LogP contribution in [0.25, 0.3) is 11.7 Å². The van der Waals surface area contributed by atoms with Gasteiger partial charge in [-0.2, -0.15) is 8.78 Å². The molecule has 0 aliphatic carbocycles. The summed E-state index contributed by atoms with van der Waals surface area (Å²) in [5.74, 6) is -2.80. The molecule has 5 nitrogen and oxygen atoms in total. The lowest BCUT2D eigenvalue weighted by atomic mass is 10.3. The molecule has 2 aromatic heterocycles. The normalized spacial score (nSPS) is 12.0. The zero-order valence-electron chi connectivity index (χ0n) is 11.1. The molecule has 0 unspecified atom stereocenters. The van der Waals surface area contributed by atoms with E-state index in [0.29, 0.717) is 16.8 Å². The van der Waals surface area contributed by atoms with Crippen LogP contribution in [0.3, 0.4) is 0 Å². The Morgan fingerprint density at radius 3 is 1.95 bits per heavy atom. The molecule has 0 N–H and O–H groups in total. The molecule has 0 atom stereocenters. The van der Waals surface area contributed by atoms with E-state index in [1.54, 1.807) is 0 Å². The van der Waals surface area contributed by atoms with Crippen molar-refractivity contribution in [3.05, 3.63) is 40.9 Å². The molecule has 0 aliphatic heterocycles. The number of aromatic nitrogens is 4. The molecule has 0 aliphatic rings. The summed E-state index contributed by atoms with van der Waals surface area (Å²) in [5.41, 5.74) is 0. The van der Waals surface area contributed by atoms with Crippen LogP contribution in [0.5, 0.6) is 5.75 Å². The van der Waals surface area contributed by atoms with Crippen LogP contribution in [-0.2, 0) is 0 Å². The van der Waals surface area contributed by atoms with Crippen LogP contribution in [0.4, 0.5) is 8.78 Å². The molecule has 8 heteroatoms. The van der Waals surface area contributed by atoms with Gasteiger partial charge in [-0.05, 0) is 22.4 Å². The maximum Gasteiger partial charge on any atom is 0.207 e. The minimum Gasteiger partial charge on any atom is -0.490 e. The fourth-order valence-corrected chi connectivity index (χ4v) is 1.55. The van der Waals surface area contributed by atoms with Crippen molar-refractivity contribution in [2.75, 3.05) is 6.61 Å². The highest BCUT2D eigenvalue weighted by Crippen LogP contribution is 2.25. The van der Waals surface area contributed by atoms with Gasteiger partial charge in [-0.25, -0.2) is 19.9 Å². The topological polar surface area (TPSA) is 60.8 Å². The van der Waals surface area contributed by atoms with Gasteiger partial charge in [0.25, 0.3) is 0 Å². The van der Waals surface area contributed by atoms with Gasteiger partial charge in [-0.1, -0.05) is 6.92 Å². The molecule has 0 spiro atoms. The third-order valence-electron chi connectivity index (χ3n) is 2.31. The predicted octanol–water partition coefficient (Wildman–Crippen LogP) is 3.58. The Hall–Kier alpha value is -1.96. The number of halogens is 3. The zero-order valence-corrected chi connectivity index (χ0v) is 12.6. The van der Waals surface area contributed by atoms with Crippen molar-refractivity contribution in [3.63, 3.8) is 0 Å². The van der Waals surface area contributed by atoms with Crippen molar-refractivity contribution in [1.82, 2.24) is 19.9 Å². The summed E-state index contributed by atoms with van der Waals surface area (Å²) >= 11 is 3.11. The highest BCUT2D eigenvalue weighted by Gasteiger charge is 2.16. The van der Waals surface area contributed by atoms with Crippen LogP contribution in [0.2, 0.25) is 0 Å². The minimum absolute atomic E-state index is 0.370. The van der Waals surface area contributed by atoms with Gasteiger partial charge in [0.1, 0.15) is 0 Å². The summed E-state index contributed by atoms with van der Waals surface area (Å²) in [6, 6.07) is 0. The molecular weight excluding hydrogens is 346 g/mol. The Labute approximate surface area is 128 Å². The monoisotopic (exact) mass is 356 g/mol. The molecule has 110 valence electrons. The van der Waals surface area contributed by atoms with E-state index in [1.807, 2.05) is 6.92 Å². The van der Waals surface area contributed by atoms with Crippen molar-refractivity contribution in [2.24, 2.45) is 0 Å². The second-order valence-corrected chi connectivity index (χ2v) is 4.86. The van der Waals surface area contributed by atoms with Gasteiger partial charge < -0.3 is 4.74 Å². The standard InChI is InChI=1S/C13H11BrF2N4O/c1-2-3-21-9-6-19-13(20-7-9)11(16)10(15)12-17-4-8(14)5-18-12/h4-7H,2-3H2,1H3/b11-10-. The molecule has 0 fully saturated rings. The molecule has 21 heavy (non-hydrogen) atoms. The summed E-state index contributed by atoms with van der Waals surface area (Å²) in [4.78, 5) is 14.8. The highest BCUT2D eigenvalue weighted by molar-refractivity contribution is 9.10. The first-order valence-corrected chi connectivity index (χ1v) is 6.89. The van der Waals surface area contributed by atoms with E-state index < -0.39 is 11.7 Å².